The van der Waals surface area contributed by atoms with E-state index in [0.717, 1.165) is 5.56 Å². The molecular formula is C15H14F3N. The van der Waals surface area contributed by atoms with Gasteiger partial charge in [0.15, 0.2) is 0 Å². The third-order valence-electron chi connectivity index (χ3n) is 3.12. The Labute approximate surface area is 110 Å². The number of halogens is 3. The Kier molecular flexibility index (Phi) is 3.90. The maximum Gasteiger partial charge on any atom is 0.136 e. The zero-order chi connectivity index (χ0) is 14.0. The van der Waals surface area contributed by atoms with Gasteiger partial charge in [-0.05, 0) is 31.2 Å². The number of benzene rings is 2. The first-order chi connectivity index (χ1) is 9.02. The lowest BCUT2D eigenvalue weighted by Crippen LogP contribution is -2.12. The molecular weight excluding hydrogens is 251 g/mol. The van der Waals surface area contributed by atoms with Crippen LogP contribution in [0, 0.1) is 17.5 Å². The van der Waals surface area contributed by atoms with Crippen LogP contribution in [0.3, 0.4) is 0 Å². The maximum absolute atomic E-state index is 13.7. The van der Waals surface area contributed by atoms with Gasteiger partial charge in [0.2, 0.25) is 0 Å². The van der Waals surface area contributed by atoms with E-state index in [1.165, 1.54) is 0 Å². The maximum atomic E-state index is 13.7. The highest BCUT2D eigenvalue weighted by Gasteiger charge is 2.14. The Bertz CT molecular complexity index is 573. The van der Waals surface area contributed by atoms with Crippen LogP contribution in [0.5, 0.6) is 0 Å². The number of hydrogen-bond donors (Lipinski definition) is 1. The molecule has 1 atom stereocenters. The van der Waals surface area contributed by atoms with Crippen molar-refractivity contribution < 1.29 is 13.2 Å². The van der Waals surface area contributed by atoms with Crippen LogP contribution in [-0.2, 0) is 0 Å². The van der Waals surface area contributed by atoms with Gasteiger partial charge in [-0.3, -0.25) is 0 Å². The minimum absolute atomic E-state index is 0.0616. The van der Waals surface area contributed by atoms with Crippen LogP contribution >= 0.6 is 0 Å². The third-order valence-corrected chi connectivity index (χ3v) is 3.12. The summed E-state index contributed by atoms with van der Waals surface area (Å²) in [5, 5.41) is 3.05. The Morgan fingerprint density at radius 3 is 2.21 bits per heavy atom. The lowest BCUT2D eigenvalue weighted by molar-refractivity contribution is 0.548. The van der Waals surface area contributed by atoms with Crippen molar-refractivity contribution in [2.45, 2.75) is 13.0 Å². The van der Waals surface area contributed by atoms with E-state index < -0.39 is 17.5 Å². The summed E-state index contributed by atoms with van der Waals surface area (Å²) in [4.78, 5) is 0. The molecule has 19 heavy (non-hydrogen) atoms. The van der Waals surface area contributed by atoms with Crippen molar-refractivity contribution >= 4 is 0 Å². The van der Waals surface area contributed by atoms with Crippen molar-refractivity contribution in [3.8, 4) is 11.1 Å². The van der Waals surface area contributed by atoms with E-state index >= 15 is 0 Å². The van der Waals surface area contributed by atoms with E-state index in [2.05, 4.69) is 5.32 Å². The van der Waals surface area contributed by atoms with Crippen molar-refractivity contribution in [2.24, 2.45) is 0 Å². The van der Waals surface area contributed by atoms with Gasteiger partial charge < -0.3 is 5.32 Å². The molecule has 0 heterocycles. The molecule has 0 aliphatic carbocycles. The highest BCUT2D eigenvalue weighted by molar-refractivity contribution is 5.65. The number of nitrogens with one attached hydrogen (secondary N) is 1. The first kappa shape index (κ1) is 13.6. The molecule has 0 saturated heterocycles. The average molecular weight is 265 g/mol. The zero-order valence-corrected chi connectivity index (χ0v) is 10.7. The highest BCUT2D eigenvalue weighted by Crippen LogP contribution is 2.28. The fourth-order valence-corrected chi connectivity index (χ4v) is 1.95. The Morgan fingerprint density at radius 2 is 1.63 bits per heavy atom. The molecule has 2 rings (SSSR count). The molecule has 0 aliphatic heterocycles. The third kappa shape index (κ3) is 2.79. The molecule has 0 amide bonds. The van der Waals surface area contributed by atoms with E-state index in [1.807, 2.05) is 13.0 Å². The van der Waals surface area contributed by atoms with E-state index in [-0.39, 0.29) is 11.6 Å². The van der Waals surface area contributed by atoms with Gasteiger partial charge in [0, 0.05) is 18.2 Å². The highest BCUT2D eigenvalue weighted by atomic mass is 19.1. The SMILES string of the molecule is CNC(C)c1cccc(-c2c(F)cc(F)cc2F)c1. The van der Waals surface area contributed by atoms with Gasteiger partial charge in [-0.1, -0.05) is 18.2 Å². The predicted octanol–water partition coefficient (Wildman–Crippen LogP) is 4.05. The quantitative estimate of drug-likeness (QED) is 0.882. The van der Waals surface area contributed by atoms with Gasteiger partial charge in [0.05, 0.1) is 5.56 Å². The van der Waals surface area contributed by atoms with Crippen LogP contribution in [0.1, 0.15) is 18.5 Å². The molecule has 1 nitrogen and oxygen atoms in total. The van der Waals surface area contributed by atoms with Gasteiger partial charge in [0.25, 0.3) is 0 Å². The van der Waals surface area contributed by atoms with Crippen LogP contribution < -0.4 is 5.32 Å². The molecule has 0 aliphatic rings. The van der Waals surface area contributed by atoms with E-state index in [0.29, 0.717) is 17.7 Å². The molecule has 100 valence electrons. The summed E-state index contributed by atoms with van der Waals surface area (Å²) in [6.45, 7) is 1.94. The molecule has 1 N–H and O–H groups in total. The second-order valence-electron chi connectivity index (χ2n) is 4.38. The van der Waals surface area contributed by atoms with Gasteiger partial charge in [-0.15, -0.1) is 0 Å². The fourth-order valence-electron chi connectivity index (χ4n) is 1.95. The zero-order valence-electron chi connectivity index (χ0n) is 10.7. The summed E-state index contributed by atoms with van der Waals surface area (Å²) in [6.07, 6.45) is 0. The van der Waals surface area contributed by atoms with E-state index in [1.54, 1.807) is 25.2 Å². The Morgan fingerprint density at radius 1 is 1.00 bits per heavy atom. The minimum Gasteiger partial charge on any atom is -0.313 e. The second-order valence-corrected chi connectivity index (χ2v) is 4.38. The first-order valence-corrected chi connectivity index (χ1v) is 5.95. The Hall–Kier alpha value is -1.81. The summed E-state index contributed by atoms with van der Waals surface area (Å²) in [6, 6.07) is 8.32. The van der Waals surface area contributed by atoms with Crippen LogP contribution in [0.25, 0.3) is 11.1 Å². The van der Waals surface area contributed by atoms with Crippen LogP contribution in [0.2, 0.25) is 0 Å². The predicted molar refractivity (Wildman–Crippen MR) is 69.2 cm³/mol. The Balaban J connectivity index is 2.54. The normalized spacial score (nSPS) is 12.5. The van der Waals surface area contributed by atoms with Crippen molar-refractivity contribution in [3.05, 3.63) is 59.4 Å². The van der Waals surface area contributed by atoms with Gasteiger partial charge in [0.1, 0.15) is 17.5 Å². The summed E-state index contributed by atoms with van der Waals surface area (Å²) in [7, 11) is 1.80. The monoisotopic (exact) mass is 265 g/mol. The molecule has 0 aromatic heterocycles. The molecule has 4 heteroatoms. The molecule has 1 unspecified atom stereocenters. The van der Waals surface area contributed by atoms with Crippen LogP contribution in [-0.4, -0.2) is 7.05 Å². The summed E-state index contributed by atoms with van der Waals surface area (Å²) < 4.78 is 40.3. The summed E-state index contributed by atoms with van der Waals surface area (Å²) >= 11 is 0. The minimum atomic E-state index is -0.918. The van der Waals surface area contributed by atoms with E-state index in [9.17, 15) is 13.2 Å². The van der Waals surface area contributed by atoms with Crippen LogP contribution in [0.15, 0.2) is 36.4 Å². The fraction of sp³-hybridized carbons (Fsp3) is 0.200. The lowest BCUT2D eigenvalue weighted by atomic mass is 9.99. The molecule has 0 bridgehead atoms. The van der Waals surface area contributed by atoms with Crippen molar-refractivity contribution in [3.63, 3.8) is 0 Å². The van der Waals surface area contributed by atoms with Crippen LogP contribution in [0.4, 0.5) is 13.2 Å². The summed E-state index contributed by atoms with van der Waals surface area (Å²) in [5.41, 5.74) is 1.10. The van der Waals surface area contributed by atoms with Gasteiger partial charge >= 0.3 is 0 Å². The largest absolute Gasteiger partial charge is 0.313 e. The number of hydrogen-bond acceptors (Lipinski definition) is 1. The number of rotatable bonds is 3. The lowest BCUT2D eigenvalue weighted by Gasteiger charge is -2.13. The topological polar surface area (TPSA) is 12.0 Å². The average Bonchev–Trinajstić information content (AvgIpc) is 2.37. The second kappa shape index (κ2) is 5.45. The van der Waals surface area contributed by atoms with Crippen molar-refractivity contribution in [1.29, 1.82) is 0 Å². The van der Waals surface area contributed by atoms with Crippen molar-refractivity contribution in [2.75, 3.05) is 7.05 Å². The van der Waals surface area contributed by atoms with Crippen molar-refractivity contribution in [1.82, 2.24) is 5.32 Å². The first-order valence-electron chi connectivity index (χ1n) is 5.95. The molecule has 0 fully saturated rings. The summed E-state index contributed by atoms with van der Waals surface area (Å²) in [5.74, 6) is -2.71. The van der Waals surface area contributed by atoms with Gasteiger partial charge in [-0.25, -0.2) is 13.2 Å². The van der Waals surface area contributed by atoms with Gasteiger partial charge in [-0.2, -0.15) is 0 Å². The molecule has 2 aromatic carbocycles. The van der Waals surface area contributed by atoms with E-state index in [4.69, 9.17) is 0 Å². The molecule has 0 spiro atoms. The molecule has 0 radical (unpaired) electrons. The smallest absolute Gasteiger partial charge is 0.136 e. The molecule has 0 saturated carbocycles. The molecule has 2 aromatic rings. The standard InChI is InChI=1S/C15H14F3N/c1-9(19-2)10-4-3-5-11(6-10)15-13(17)7-12(16)8-14(15)18/h3-9,19H,1-2H3.